The van der Waals surface area contributed by atoms with Gasteiger partial charge in [0.25, 0.3) is 5.91 Å². The van der Waals surface area contributed by atoms with Gasteiger partial charge in [-0.2, -0.15) is 0 Å². The van der Waals surface area contributed by atoms with E-state index in [9.17, 15) is 14.0 Å². The number of hydrogen-bond donors (Lipinski definition) is 3. The number of benzene rings is 3. The first-order chi connectivity index (χ1) is 16.0. The van der Waals surface area contributed by atoms with Crippen LogP contribution in [0.3, 0.4) is 0 Å². The maximum absolute atomic E-state index is 13.1. The van der Waals surface area contributed by atoms with Crippen molar-refractivity contribution in [2.45, 2.75) is 18.9 Å². The number of H-pyrrole nitrogens is 1. The van der Waals surface area contributed by atoms with E-state index in [1.165, 1.54) is 12.1 Å². The molecule has 168 valence electrons. The fourth-order valence-electron chi connectivity index (χ4n) is 3.72. The molecule has 0 spiro atoms. The molecule has 1 heterocycles. The Morgan fingerprint density at radius 3 is 2.48 bits per heavy atom. The maximum atomic E-state index is 13.1. The van der Waals surface area contributed by atoms with Gasteiger partial charge in [0, 0.05) is 30.1 Å². The van der Waals surface area contributed by atoms with E-state index in [4.69, 9.17) is 11.6 Å². The third kappa shape index (κ3) is 5.59. The number of aromatic amines is 1. The second-order valence-electron chi connectivity index (χ2n) is 7.74. The molecule has 2 amide bonds. The van der Waals surface area contributed by atoms with Gasteiger partial charge in [0.15, 0.2) is 0 Å². The summed E-state index contributed by atoms with van der Waals surface area (Å²) < 4.78 is 13.1. The summed E-state index contributed by atoms with van der Waals surface area (Å²) in [6.07, 6.45) is 2.71. The average molecular weight is 464 g/mol. The maximum Gasteiger partial charge on any atom is 0.253 e. The molecule has 0 saturated heterocycles. The number of fused-ring (bicyclic) bond motifs is 1. The van der Waals surface area contributed by atoms with Crippen LogP contribution in [0.4, 0.5) is 4.39 Å². The van der Waals surface area contributed by atoms with Gasteiger partial charge < -0.3 is 15.6 Å². The van der Waals surface area contributed by atoms with Gasteiger partial charge in [0.05, 0.1) is 10.6 Å². The Balaban J connectivity index is 1.49. The predicted octanol–water partition coefficient (Wildman–Crippen LogP) is 4.66. The highest BCUT2D eigenvalue weighted by molar-refractivity contribution is 6.33. The number of nitrogens with one attached hydrogen (secondary N) is 3. The lowest BCUT2D eigenvalue weighted by molar-refractivity contribution is -0.122. The van der Waals surface area contributed by atoms with Crippen molar-refractivity contribution in [3.63, 3.8) is 0 Å². The minimum atomic E-state index is -0.804. The van der Waals surface area contributed by atoms with Crippen molar-refractivity contribution in [3.8, 4) is 0 Å². The Hall–Kier alpha value is -3.64. The molecule has 1 aromatic heterocycles. The Kier molecular flexibility index (Phi) is 7.05. The summed E-state index contributed by atoms with van der Waals surface area (Å²) in [4.78, 5) is 29.2. The van der Waals surface area contributed by atoms with Crippen LogP contribution in [-0.2, 0) is 17.6 Å². The minimum absolute atomic E-state index is 0.302. The molecule has 0 fully saturated rings. The fraction of sp³-hybridized carbons (Fsp3) is 0.154. The second kappa shape index (κ2) is 10.3. The van der Waals surface area contributed by atoms with Gasteiger partial charge in [0.1, 0.15) is 11.9 Å². The lowest BCUT2D eigenvalue weighted by atomic mass is 10.0. The normalized spacial score (nSPS) is 11.8. The van der Waals surface area contributed by atoms with Gasteiger partial charge >= 0.3 is 0 Å². The van der Waals surface area contributed by atoms with Gasteiger partial charge in [-0.05, 0) is 47.9 Å². The lowest BCUT2D eigenvalue weighted by Gasteiger charge is -2.19. The molecule has 7 heteroatoms. The fourth-order valence-corrected chi connectivity index (χ4v) is 3.94. The van der Waals surface area contributed by atoms with Crippen LogP contribution in [0.2, 0.25) is 5.02 Å². The van der Waals surface area contributed by atoms with Crippen LogP contribution in [0, 0.1) is 5.82 Å². The zero-order valence-corrected chi connectivity index (χ0v) is 18.5. The number of carbonyl (C=O) groups excluding carboxylic acids is 2. The monoisotopic (exact) mass is 463 g/mol. The molecule has 33 heavy (non-hydrogen) atoms. The smallest absolute Gasteiger partial charge is 0.253 e. The highest BCUT2D eigenvalue weighted by Gasteiger charge is 2.24. The molecule has 0 bridgehead atoms. The summed E-state index contributed by atoms with van der Waals surface area (Å²) in [5.74, 6) is -1.02. The van der Waals surface area contributed by atoms with E-state index in [2.05, 4.69) is 15.6 Å². The molecular weight excluding hydrogens is 441 g/mol. The van der Waals surface area contributed by atoms with Crippen LogP contribution < -0.4 is 10.6 Å². The summed E-state index contributed by atoms with van der Waals surface area (Å²) in [5, 5.41) is 7.03. The number of aromatic nitrogens is 1. The van der Waals surface area contributed by atoms with Crippen LogP contribution in [0.5, 0.6) is 0 Å². The first kappa shape index (κ1) is 22.6. The third-order valence-corrected chi connectivity index (χ3v) is 5.80. The van der Waals surface area contributed by atoms with E-state index in [0.29, 0.717) is 30.0 Å². The minimum Gasteiger partial charge on any atom is -0.361 e. The van der Waals surface area contributed by atoms with Crippen LogP contribution >= 0.6 is 11.6 Å². The van der Waals surface area contributed by atoms with E-state index in [1.807, 2.05) is 30.5 Å². The molecule has 1 atom stereocenters. The molecule has 3 N–H and O–H groups in total. The number of hydrogen-bond acceptors (Lipinski definition) is 2. The first-order valence-corrected chi connectivity index (χ1v) is 11.0. The predicted molar refractivity (Wildman–Crippen MR) is 128 cm³/mol. The largest absolute Gasteiger partial charge is 0.361 e. The summed E-state index contributed by atoms with van der Waals surface area (Å²) in [6, 6.07) is 19.8. The van der Waals surface area contributed by atoms with Crippen molar-refractivity contribution in [1.29, 1.82) is 0 Å². The van der Waals surface area contributed by atoms with E-state index in [-0.39, 0.29) is 11.7 Å². The van der Waals surface area contributed by atoms with Crippen molar-refractivity contribution >= 4 is 34.3 Å². The average Bonchev–Trinajstić information content (AvgIpc) is 3.23. The molecule has 0 saturated carbocycles. The van der Waals surface area contributed by atoms with Gasteiger partial charge in [-0.1, -0.05) is 54.1 Å². The highest BCUT2D eigenvalue weighted by atomic mass is 35.5. The van der Waals surface area contributed by atoms with Crippen LogP contribution in [0.25, 0.3) is 10.9 Å². The second-order valence-corrected chi connectivity index (χ2v) is 8.14. The molecule has 5 nitrogen and oxygen atoms in total. The third-order valence-electron chi connectivity index (χ3n) is 5.47. The molecule has 4 aromatic rings. The zero-order chi connectivity index (χ0) is 23.2. The van der Waals surface area contributed by atoms with Crippen molar-refractivity contribution in [1.82, 2.24) is 15.6 Å². The van der Waals surface area contributed by atoms with E-state index in [1.54, 1.807) is 36.4 Å². The standard InChI is InChI=1S/C26H23ClFN3O2/c27-22-7-3-1-6-21(22)25(32)31-24(15-18-16-30-23-8-4-2-5-20(18)23)26(33)29-14-13-17-9-11-19(28)12-10-17/h1-12,16,24,30H,13-15H2,(H,29,33)(H,31,32). The van der Waals surface area contributed by atoms with Crippen molar-refractivity contribution in [3.05, 3.63) is 107 Å². The molecular formula is C26H23ClFN3O2. The summed E-state index contributed by atoms with van der Waals surface area (Å²) in [7, 11) is 0. The summed E-state index contributed by atoms with van der Waals surface area (Å²) in [6.45, 7) is 0.358. The zero-order valence-electron chi connectivity index (χ0n) is 17.8. The van der Waals surface area contributed by atoms with E-state index >= 15 is 0 Å². The highest BCUT2D eigenvalue weighted by Crippen LogP contribution is 2.20. The van der Waals surface area contributed by atoms with Gasteiger partial charge in [0.2, 0.25) is 5.91 Å². The van der Waals surface area contributed by atoms with Gasteiger partial charge in [-0.25, -0.2) is 4.39 Å². The first-order valence-electron chi connectivity index (χ1n) is 10.6. The van der Waals surface area contributed by atoms with Crippen LogP contribution in [0.1, 0.15) is 21.5 Å². The SMILES string of the molecule is O=C(NC(Cc1c[nH]c2ccccc12)C(=O)NCCc1ccc(F)cc1)c1ccccc1Cl. The number of carbonyl (C=O) groups is 2. The van der Waals surface area contributed by atoms with E-state index < -0.39 is 11.9 Å². The Bertz CT molecular complexity index is 1270. The number of halogens is 2. The number of rotatable bonds is 8. The summed E-state index contributed by atoms with van der Waals surface area (Å²) in [5.41, 5.74) is 3.09. The Morgan fingerprint density at radius 2 is 1.70 bits per heavy atom. The van der Waals surface area contributed by atoms with Crippen molar-refractivity contribution < 1.29 is 14.0 Å². The Labute approximate surface area is 196 Å². The molecule has 1 unspecified atom stereocenters. The molecule has 0 radical (unpaired) electrons. The topological polar surface area (TPSA) is 74.0 Å². The van der Waals surface area contributed by atoms with Gasteiger partial charge in [-0.3, -0.25) is 9.59 Å². The lowest BCUT2D eigenvalue weighted by Crippen LogP contribution is -2.48. The van der Waals surface area contributed by atoms with Crippen LogP contribution in [-0.4, -0.2) is 29.4 Å². The number of amides is 2. The van der Waals surface area contributed by atoms with Crippen LogP contribution in [0.15, 0.2) is 79.0 Å². The quantitative estimate of drug-likeness (QED) is 0.355. The van der Waals surface area contributed by atoms with Crippen molar-refractivity contribution in [2.75, 3.05) is 6.54 Å². The molecule has 0 aliphatic carbocycles. The summed E-state index contributed by atoms with van der Waals surface area (Å²) >= 11 is 6.17. The van der Waals surface area contributed by atoms with E-state index in [0.717, 1.165) is 22.0 Å². The Morgan fingerprint density at radius 1 is 0.970 bits per heavy atom. The molecule has 4 rings (SSSR count). The molecule has 0 aliphatic rings. The number of para-hydroxylation sites is 1. The van der Waals surface area contributed by atoms with Gasteiger partial charge in [-0.15, -0.1) is 0 Å². The molecule has 0 aliphatic heterocycles. The molecule has 3 aromatic carbocycles. The van der Waals surface area contributed by atoms with Crippen molar-refractivity contribution in [2.24, 2.45) is 0 Å².